The number of hydrogen-bond acceptors (Lipinski definition) is 2. The molecule has 0 bridgehead atoms. The van der Waals surface area contributed by atoms with Gasteiger partial charge in [-0.25, -0.2) is 0 Å². The standard InChI is InChI=1S/C24H29NO/c1-26-21-12-7-11-20(16-21)24-17-19-10-5-6-13-22(19)23(25-24)15-14-18-8-3-2-4-9-18/h2-4,7-9,11-12,16,23-25H,5-6,10,13-15,17H2,1H3/t23-,24+/m1/s1. The van der Waals surface area contributed by atoms with Crippen LogP contribution in [0.5, 0.6) is 5.75 Å². The Morgan fingerprint density at radius 1 is 1.00 bits per heavy atom. The van der Waals surface area contributed by atoms with Crippen LogP contribution >= 0.6 is 0 Å². The van der Waals surface area contributed by atoms with Crippen LogP contribution in [0, 0.1) is 0 Å². The van der Waals surface area contributed by atoms with Crippen molar-refractivity contribution >= 4 is 0 Å². The number of rotatable bonds is 5. The molecule has 26 heavy (non-hydrogen) atoms. The van der Waals surface area contributed by atoms with Gasteiger partial charge < -0.3 is 10.1 Å². The fourth-order valence-electron chi connectivity index (χ4n) is 4.58. The topological polar surface area (TPSA) is 21.3 Å². The summed E-state index contributed by atoms with van der Waals surface area (Å²) in [4.78, 5) is 0. The Hall–Kier alpha value is -2.06. The van der Waals surface area contributed by atoms with E-state index in [9.17, 15) is 0 Å². The molecular weight excluding hydrogens is 318 g/mol. The molecule has 1 heterocycles. The van der Waals surface area contributed by atoms with E-state index >= 15 is 0 Å². The molecule has 1 N–H and O–H groups in total. The minimum atomic E-state index is 0.405. The van der Waals surface area contributed by atoms with Crippen LogP contribution in [-0.2, 0) is 6.42 Å². The molecule has 0 saturated heterocycles. The molecule has 0 radical (unpaired) electrons. The zero-order valence-electron chi connectivity index (χ0n) is 15.7. The minimum absolute atomic E-state index is 0.405. The molecule has 0 amide bonds. The van der Waals surface area contributed by atoms with E-state index in [0.29, 0.717) is 12.1 Å². The monoisotopic (exact) mass is 347 g/mol. The van der Waals surface area contributed by atoms with Crippen LogP contribution in [0.4, 0.5) is 0 Å². The fraction of sp³-hybridized carbons (Fsp3) is 0.417. The fourth-order valence-corrected chi connectivity index (χ4v) is 4.58. The molecule has 0 fully saturated rings. The molecule has 136 valence electrons. The lowest BCUT2D eigenvalue weighted by molar-refractivity contribution is 0.382. The highest BCUT2D eigenvalue weighted by Gasteiger charge is 2.30. The van der Waals surface area contributed by atoms with Crippen molar-refractivity contribution in [3.05, 3.63) is 76.9 Å². The van der Waals surface area contributed by atoms with Crippen LogP contribution in [0.2, 0.25) is 0 Å². The van der Waals surface area contributed by atoms with Crippen LogP contribution in [0.1, 0.15) is 55.7 Å². The Balaban J connectivity index is 1.55. The molecule has 0 spiro atoms. The van der Waals surface area contributed by atoms with Crippen molar-refractivity contribution < 1.29 is 4.74 Å². The molecule has 2 nitrogen and oxygen atoms in total. The predicted octanol–water partition coefficient (Wildman–Crippen LogP) is 5.60. The maximum absolute atomic E-state index is 5.44. The van der Waals surface area contributed by atoms with Gasteiger partial charge in [0, 0.05) is 12.1 Å². The quantitative estimate of drug-likeness (QED) is 0.711. The van der Waals surface area contributed by atoms with Gasteiger partial charge in [-0.15, -0.1) is 0 Å². The van der Waals surface area contributed by atoms with Crippen LogP contribution < -0.4 is 10.1 Å². The van der Waals surface area contributed by atoms with E-state index in [-0.39, 0.29) is 0 Å². The average Bonchev–Trinajstić information content (AvgIpc) is 2.72. The highest BCUT2D eigenvalue weighted by molar-refractivity contribution is 5.35. The molecule has 1 aliphatic heterocycles. The van der Waals surface area contributed by atoms with Gasteiger partial charge in [-0.2, -0.15) is 0 Å². The Bertz CT molecular complexity index is 765. The Kier molecular flexibility index (Phi) is 5.40. The molecule has 0 aromatic heterocycles. The molecule has 0 saturated carbocycles. The van der Waals surface area contributed by atoms with Gasteiger partial charge in [-0.3, -0.25) is 0 Å². The Morgan fingerprint density at radius 2 is 1.85 bits per heavy atom. The number of nitrogens with one attached hydrogen (secondary N) is 1. The summed E-state index contributed by atoms with van der Waals surface area (Å²) in [7, 11) is 1.75. The van der Waals surface area contributed by atoms with Crippen LogP contribution in [0.3, 0.4) is 0 Å². The third-order valence-corrected chi connectivity index (χ3v) is 5.96. The first-order valence-corrected chi connectivity index (χ1v) is 9.98. The summed E-state index contributed by atoms with van der Waals surface area (Å²) in [5.74, 6) is 0.952. The molecule has 2 atom stereocenters. The van der Waals surface area contributed by atoms with Crippen molar-refractivity contribution in [1.29, 1.82) is 0 Å². The molecule has 2 aromatic carbocycles. The van der Waals surface area contributed by atoms with Gasteiger partial charge in [-0.1, -0.05) is 53.6 Å². The van der Waals surface area contributed by atoms with E-state index in [0.717, 1.165) is 18.6 Å². The van der Waals surface area contributed by atoms with Crippen molar-refractivity contribution in [1.82, 2.24) is 5.32 Å². The van der Waals surface area contributed by atoms with Gasteiger partial charge >= 0.3 is 0 Å². The van der Waals surface area contributed by atoms with Crippen LogP contribution in [-0.4, -0.2) is 13.2 Å². The SMILES string of the molecule is COc1cccc([C@@H]2CC3=C(CCCC3)[C@@H](CCc3ccccc3)N2)c1. The van der Waals surface area contributed by atoms with Crippen LogP contribution in [0.15, 0.2) is 65.7 Å². The van der Waals surface area contributed by atoms with Crippen molar-refractivity contribution in [3.63, 3.8) is 0 Å². The van der Waals surface area contributed by atoms with E-state index in [1.54, 1.807) is 18.3 Å². The van der Waals surface area contributed by atoms with Gasteiger partial charge in [0.2, 0.25) is 0 Å². The first-order chi connectivity index (χ1) is 12.8. The maximum atomic E-state index is 5.44. The van der Waals surface area contributed by atoms with Crippen molar-refractivity contribution in [2.75, 3.05) is 7.11 Å². The summed E-state index contributed by atoms with van der Waals surface area (Å²) in [6.45, 7) is 0. The zero-order valence-corrected chi connectivity index (χ0v) is 15.7. The maximum Gasteiger partial charge on any atom is 0.119 e. The molecular formula is C24H29NO. The third kappa shape index (κ3) is 3.86. The molecule has 1 aliphatic carbocycles. The number of benzene rings is 2. The van der Waals surface area contributed by atoms with E-state index in [4.69, 9.17) is 4.74 Å². The average molecular weight is 348 g/mol. The second-order valence-electron chi connectivity index (χ2n) is 7.61. The summed E-state index contributed by atoms with van der Waals surface area (Å²) < 4.78 is 5.44. The zero-order chi connectivity index (χ0) is 17.8. The third-order valence-electron chi connectivity index (χ3n) is 5.96. The number of methoxy groups -OCH3 is 1. The Morgan fingerprint density at radius 3 is 2.69 bits per heavy atom. The largest absolute Gasteiger partial charge is 0.497 e. The van der Waals surface area contributed by atoms with Crippen LogP contribution in [0.25, 0.3) is 0 Å². The summed E-state index contributed by atoms with van der Waals surface area (Å²) in [6, 6.07) is 20.4. The van der Waals surface area contributed by atoms with Gasteiger partial charge in [-0.05, 0) is 68.2 Å². The lowest BCUT2D eigenvalue weighted by Crippen LogP contribution is -2.40. The normalized spacial score (nSPS) is 22.8. The minimum Gasteiger partial charge on any atom is -0.497 e. The van der Waals surface area contributed by atoms with E-state index in [1.165, 1.54) is 43.2 Å². The summed E-state index contributed by atoms with van der Waals surface area (Å²) in [5.41, 5.74) is 6.23. The lowest BCUT2D eigenvalue weighted by atomic mass is 9.78. The van der Waals surface area contributed by atoms with E-state index in [2.05, 4.69) is 53.8 Å². The number of aryl methyl sites for hydroxylation is 1. The van der Waals surface area contributed by atoms with Gasteiger partial charge in [0.15, 0.2) is 0 Å². The Labute approximate surface area is 157 Å². The molecule has 4 rings (SSSR count). The van der Waals surface area contributed by atoms with E-state index in [1.807, 2.05) is 6.07 Å². The second-order valence-corrected chi connectivity index (χ2v) is 7.61. The number of hydrogen-bond donors (Lipinski definition) is 1. The molecule has 0 unspecified atom stereocenters. The van der Waals surface area contributed by atoms with Crippen molar-refractivity contribution in [2.45, 2.75) is 57.0 Å². The molecule has 2 aliphatic rings. The molecule has 2 heteroatoms. The van der Waals surface area contributed by atoms with Gasteiger partial charge in [0.25, 0.3) is 0 Å². The highest BCUT2D eigenvalue weighted by atomic mass is 16.5. The first-order valence-electron chi connectivity index (χ1n) is 9.98. The first kappa shape index (κ1) is 17.4. The van der Waals surface area contributed by atoms with Crippen molar-refractivity contribution in [2.24, 2.45) is 0 Å². The summed E-state index contributed by atoms with van der Waals surface area (Å²) in [6.07, 6.45) is 8.76. The molecule has 2 aromatic rings. The van der Waals surface area contributed by atoms with Gasteiger partial charge in [0.05, 0.1) is 7.11 Å². The van der Waals surface area contributed by atoms with Gasteiger partial charge in [0.1, 0.15) is 5.75 Å². The lowest BCUT2D eigenvalue weighted by Gasteiger charge is -2.38. The summed E-state index contributed by atoms with van der Waals surface area (Å²) in [5, 5.41) is 3.98. The second kappa shape index (κ2) is 8.09. The number of ether oxygens (including phenoxy) is 1. The smallest absolute Gasteiger partial charge is 0.119 e. The van der Waals surface area contributed by atoms with E-state index < -0.39 is 0 Å². The predicted molar refractivity (Wildman–Crippen MR) is 108 cm³/mol. The summed E-state index contributed by atoms with van der Waals surface area (Å²) >= 11 is 0. The van der Waals surface area contributed by atoms with Crippen molar-refractivity contribution in [3.8, 4) is 5.75 Å². The highest BCUT2D eigenvalue weighted by Crippen LogP contribution is 2.39.